The van der Waals surface area contributed by atoms with Crippen molar-refractivity contribution in [2.24, 2.45) is 34.0 Å². The average Bonchev–Trinajstić information content (AvgIpc) is 2.60. The molecule has 0 spiro atoms. The first-order valence-electron chi connectivity index (χ1n) is 10.7. The quantitative estimate of drug-likeness (QED) is 0.700. The second-order valence-electron chi connectivity index (χ2n) is 10.5. The Labute approximate surface area is 167 Å². The SMILES string of the molecule is CC(=O)OC1CCC2(C)C(=CC(=O)C3C4CCNC(=O)C4(C)CCC32)C1(C)C. The van der Waals surface area contributed by atoms with E-state index in [1.807, 2.05) is 6.08 Å². The van der Waals surface area contributed by atoms with Crippen molar-refractivity contribution in [1.82, 2.24) is 5.32 Å². The van der Waals surface area contributed by atoms with Gasteiger partial charge in [-0.15, -0.1) is 0 Å². The molecule has 0 radical (unpaired) electrons. The van der Waals surface area contributed by atoms with Crippen LogP contribution < -0.4 is 5.32 Å². The number of nitrogens with one attached hydrogen (secondary N) is 1. The molecule has 4 aliphatic rings. The maximum atomic E-state index is 13.4. The standard InChI is InChI=1S/C23H33NO4/c1-13(25)28-18-7-10-22(4)14-6-9-23(5)15(8-11-24-20(23)27)19(14)16(26)12-17(22)21(18,2)3/h12,14-15,18-19H,6-11H2,1-5H3,(H,24,27). The van der Waals surface area contributed by atoms with Crippen molar-refractivity contribution in [1.29, 1.82) is 0 Å². The van der Waals surface area contributed by atoms with E-state index in [1.54, 1.807) is 0 Å². The topological polar surface area (TPSA) is 72.5 Å². The van der Waals surface area contributed by atoms with Gasteiger partial charge in [-0.1, -0.05) is 33.3 Å². The van der Waals surface area contributed by atoms with Crippen LogP contribution in [0.3, 0.4) is 0 Å². The third-order valence-corrected chi connectivity index (χ3v) is 8.70. The smallest absolute Gasteiger partial charge is 0.302 e. The van der Waals surface area contributed by atoms with Crippen molar-refractivity contribution >= 4 is 17.7 Å². The summed E-state index contributed by atoms with van der Waals surface area (Å²) in [5.41, 5.74) is 0.284. The summed E-state index contributed by atoms with van der Waals surface area (Å²) < 4.78 is 5.64. The van der Waals surface area contributed by atoms with Crippen LogP contribution in [-0.2, 0) is 19.1 Å². The maximum absolute atomic E-state index is 13.4. The Bertz CT molecular complexity index is 769. The van der Waals surface area contributed by atoms with Crippen molar-refractivity contribution in [2.45, 2.75) is 72.8 Å². The predicted octanol–water partition coefficient (Wildman–Crippen LogP) is 3.42. The van der Waals surface area contributed by atoms with E-state index in [-0.39, 0.29) is 52.3 Å². The number of carbonyl (C=O) groups is 3. The highest BCUT2D eigenvalue weighted by atomic mass is 16.5. The molecule has 5 nitrogen and oxygen atoms in total. The van der Waals surface area contributed by atoms with Gasteiger partial charge in [0.05, 0.1) is 0 Å². The summed E-state index contributed by atoms with van der Waals surface area (Å²) >= 11 is 0. The fraction of sp³-hybridized carbons (Fsp3) is 0.783. The zero-order chi connectivity index (χ0) is 20.5. The Morgan fingerprint density at radius 1 is 1.04 bits per heavy atom. The van der Waals surface area contributed by atoms with E-state index >= 15 is 0 Å². The highest BCUT2D eigenvalue weighted by Crippen LogP contribution is 2.64. The van der Waals surface area contributed by atoms with Crippen LogP contribution in [0.1, 0.15) is 66.7 Å². The molecule has 0 aromatic carbocycles. The molecule has 0 bridgehead atoms. The van der Waals surface area contributed by atoms with Crippen LogP contribution >= 0.6 is 0 Å². The van der Waals surface area contributed by atoms with Crippen molar-refractivity contribution in [3.63, 3.8) is 0 Å². The Kier molecular flexibility index (Phi) is 4.33. The minimum absolute atomic E-state index is 0.0698. The van der Waals surface area contributed by atoms with Gasteiger partial charge in [0.25, 0.3) is 0 Å². The van der Waals surface area contributed by atoms with E-state index in [0.717, 1.165) is 37.7 Å². The fourth-order valence-electron chi connectivity index (χ4n) is 7.15. The molecule has 1 amide bonds. The molecule has 2 saturated carbocycles. The number of allylic oxidation sites excluding steroid dienone is 1. The third kappa shape index (κ3) is 2.54. The molecule has 6 unspecified atom stereocenters. The molecular weight excluding hydrogens is 354 g/mol. The molecule has 1 N–H and O–H groups in total. The van der Waals surface area contributed by atoms with Crippen LogP contribution in [0.25, 0.3) is 0 Å². The van der Waals surface area contributed by atoms with E-state index < -0.39 is 5.41 Å². The molecule has 6 atom stereocenters. The van der Waals surface area contributed by atoms with Crippen molar-refractivity contribution in [3.05, 3.63) is 11.6 Å². The van der Waals surface area contributed by atoms with Crippen molar-refractivity contribution in [2.75, 3.05) is 6.54 Å². The van der Waals surface area contributed by atoms with Gasteiger partial charge in [-0.3, -0.25) is 14.4 Å². The lowest BCUT2D eigenvalue weighted by molar-refractivity contribution is -0.160. The molecule has 154 valence electrons. The van der Waals surface area contributed by atoms with E-state index in [2.05, 4.69) is 33.0 Å². The number of esters is 1. The van der Waals surface area contributed by atoms with Gasteiger partial charge in [0.15, 0.2) is 5.78 Å². The summed E-state index contributed by atoms with van der Waals surface area (Å²) in [7, 11) is 0. The Balaban J connectivity index is 1.75. The first-order chi connectivity index (χ1) is 13.0. The second-order valence-corrected chi connectivity index (χ2v) is 10.5. The number of ether oxygens (including phenoxy) is 1. The van der Waals surface area contributed by atoms with Crippen LogP contribution in [0.2, 0.25) is 0 Å². The minimum atomic E-state index is -0.429. The molecule has 0 aromatic rings. The number of carbonyl (C=O) groups excluding carboxylic acids is 3. The lowest BCUT2D eigenvalue weighted by Gasteiger charge is -2.61. The summed E-state index contributed by atoms with van der Waals surface area (Å²) in [5.74, 6) is 0.356. The summed E-state index contributed by atoms with van der Waals surface area (Å²) in [4.78, 5) is 37.7. The zero-order valence-corrected chi connectivity index (χ0v) is 17.8. The monoisotopic (exact) mass is 387 g/mol. The lowest BCUT2D eigenvalue weighted by Crippen LogP contribution is -2.61. The van der Waals surface area contributed by atoms with Crippen LogP contribution in [0.4, 0.5) is 0 Å². The number of rotatable bonds is 1. The highest BCUT2D eigenvalue weighted by Gasteiger charge is 2.62. The Morgan fingerprint density at radius 2 is 1.68 bits per heavy atom. The maximum Gasteiger partial charge on any atom is 0.302 e. The molecular formula is C23H33NO4. The summed E-state index contributed by atoms with van der Waals surface area (Å²) in [6, 6.07) is 0. The van der Waals surface area contributed by atoms with Crippen molar-refractivity contribution < 1.29 is 19.1 Å². The van der Waals surface area contributed by atoms with Crippen molar-refractivity contribution in [3.8, 4) is 0 Å². The molecule has 28 heavy (non-hydrogen) atoms. The third-order valence-electron chi connectivity index (χ3n) is 8.70. The van der Waals surface area contributed by atoms with Gasteiger partial charge in [0, 0.05) is 30.2 Å². The molecule has 5 heteroatoms. The second kappa shape index (κ2) is 6.17. The number of hydrogen-bond donors (Lipinski definition) is 1. The molecule has 3 fully saturated rings. The van der Waals surface area contributed by atoms with Gasteiger partial charge < -0.3 is 10.1 Å². The molecule has 1 saturated heterocycles. The summed E-state index contributed by atoms with van der Waals surface area (Å²) in [5, 5.41) is 3.02. The minimum Gasteiger partial charge on any atom is -0.462 e. The van der Waals surface area contributed by atoms with Gasteiger partial charge in [0.1, 0.15) is 6.10 Å². The van der Waals surface area contributed by atoms with E-state index in [0.29, 0.717) is 6.54 Å². The predicted molar refractivity (Wildman–Crippen MR) is 105 cm³/mol. The van der Waals surface area contributed by atoms with Crippen LogP contribution in [0, 0.1) is 34.0 Å². The van der Waals surface area contributed by atoms with Crippen LogP contribution in [0.15, 0.2) is 11.6 Å². The Hall–Kier alpha value is -1.65. The number of fused-ring (bicyclic) bond motifs is 5. The van der Waals surface area contributed by atoms with Gasteiger partial charge in [-0.2, -0.15) is 0 Å². The molecule has 1 heterocycles. The number of amides is 1. The van der Waals surface area contributed by atoms with Gasteiger partial charge in [-0.25, -0.2) is 0 Å². The molecule has 1 aliphatic heterocycles. The van der Waals surface area contributed by atoms with Crippen LogP contribution in [0.5, 0.6) is 0 Å². The van der Waals surface area contributed by atoms with Crippen LogP contribution in [-0.4, -0.2) is 30.3 Å². The van der Waals surface area contributed by atoms with Gasteiger partial charge in [-0.05, 0) is 55.4 Å². The van der Waals surface area contributed by atoms with E-state index in [9.17, 15) is 14.4 Å². The first-order valence-corrected chi connectivity index (χ1v) is 10.7. The number of piperidine rings is 1. The van der Waals surface area contributed by atoms with E-state index in [4.69, 9.17) is 4.74 Å². The van der Waals surface area contributed by atoms with E-state index in [1.165, 1.54) is 6.92 Å². The lowest BCUT2D eigenvalue weighted by atomic mass is 9.43. The number of hydrogen-bond acceptors (Lipinski definition) is 4. The highest BCUT2D eigenvalue weighted by molar-refractivity contribution is 5.96. The fourth-order valence-corrected chi connectivity index (χ4v) is 7.15. The molecule has 0 aromatic heterocycles. The molecule has 3 aliphatic carbocycles. The zero-order valence-electron chi connectivity index (χ0n) is 17.8. The Morgan fingerprint density at radius 3 is 2.36 bits per heavy atom. The normalized spacial score (nSPS) is 44.4. The number of ketones is 1. The first kappa shape index (κ1) is 19.7. The largest absolute Gasteiger partial charge is 0.462 e. The summed E-state index contributed by atoms with van der Waals surface area (Å²) in [6.45, 7) is 10.7. The summed E-state index contributed by atoms with van der Waals surface area (Å²) in [6.07, 6.45) is 6.05. The van der Waals surface area contributed by atoms with Gasteiger partial charge >= 0.3 is 5.97 Å². The average molecular weight is 388 g/mol. The van der Waals surface area contributed by atoms with Gasteiger partial charge in [0.2, 0.25) is 5.91 Å². The molecule has 4 rings (SSSR count).